The number of halogens is 1. The summed E-state index contributed by atoms with van der Waals surface area (Å²) in [7, 11) is 2.11. The van der Waals surface area contributed by atoms with Crippen LogP contribution in [0.3, 0.4) is 0 Å². The SMILES string of the molecule is CNC(CC1CC2CCC1C2)c1ccccc1I. The molecule has 4 unspecified atom stereocenters. The molecule has 2 bridgehead atoms. The average Bonchev–Trinajstić information content (AvgIpc) is 2.99. The maximum absolute atomic E-state index is 3.54. The van der Waals surface area contributed by atoms with Crippen molar-refractivity contribution in [3.05, 3.63) is 33.4 Å². The van der Waals surface area contributed by atoms with Gasteiger partial charge in [-0.2, -0.15) is 0 Å². The Morgan fingerprint density at radius 2 is 2.11 bits per heavy atom. The van der Waals surface area contributed by atoms with Gasteiger partial charge in [0.2, 0.25) is 0 Å². The molecule has 2 aliphatic rings. The highest BCUT2D eigenvalue weighted by Crippen LogP contribution is 2.51. The van der Waals surface area contributed by atoms with Gasteiger partial charge in [-0.1, -0.05) is 24.6 Å². The Balaban J connectivity index is 1.72. The molecular formula is C16H22IN. The van der Waals surface area contributed by atoms with E-state index in [4.69, 9.17) is 0 Å². The van der Waals surface area contributed by atoms with E-state index in [1.807, 2.05) is 0 Å². The number of benzene rings is 1. The van der Waals surface area contributed by atoms with Gasteiger partial charge in [0.25, 0.3) is 0 Å². The van der Waals surface area contributed by atoms with Crippen LogP contribution in [-0.4, -0.2) is 7.05 Å². The number of hydrogen-bond acceptors (Lipinski definition) is 1. The van der Waals surface area contributed by atoms with Crippen LogP contribution in [0.2, 0.25) is 0 Å². The molecule has 1 aromatic carbocycles. The highest BCUT2D eigenvalue weighted by molar-refractivity contribution is 14.1. The van der Waals surface area contributed by atoms with Gasteiger partial charge in [0, 0.05) is 9.61 Å². The molecule has 0 radical (unpaired) electrons. The van der Waals surface area contributed by atoms with Gasteiger partial charge in [-0.25, -0.2) is 0 Å². The summed E-state index contributed by atoms with van der Waals surface area (Å²) >= 11 is 2.47. The fourth-order valence-electron chi connectivity index (χ4n) is 4.13. The second-order valence-electron chi connectivity index (χ2n) is 6.03. The van der Waals surface area contributed by atoms with Crippen molar-refractivity contribution < 1.29 is 0 Å². The molecule has 1 aromatic rings. The van der Waals surface area contributed by atoms with E-state index in [1.54, 1.807) is 0 Å². The molecule has 2 saturated carbocycles. The first-order chi connectivity index (χ1) is 8.78. The average molecular weight is 355 g/mol. The lowest BCUT2D eigenvalue weighted by Crippen LogP contribution is -2.23. The van der Waals surface area contributed by atoms with Crippen LogP contribution in [0.25, 0.3) is 0 Å². The lowest BCUT2D eigenvalue weighted by molar-refractivity contribution is 0.284. The van der Waals surface area contributed by atoms with Gasteiger partial charge in [0.15, 0.2) is 0 Å². The van der Waals surface area contributed by atoms with Gasteiger partial charge < -0.3 is 5.32 Å². The van der Waals surface area contributed by atoms with Gasteiger partial charge in [-0.15, -0.1) is 0 Å². The van der Waals surface area contributed by atoms with Gasteiger partial charge in [0.05, 0.1) is 0 Å². The zero-order valence-electron chi connectivity index (χ0n) is 11.0. The Morgan fingerprint density at radius 3 is 2.72 bits per heavy atom. The molecule has 4 atom stereocenters. The van der Waals surface area contributed by atoms with Crippen LogP contribution < -0.4 is 5.32 Å². The fraction of sp³-hybridized carbons (Fsp3) is 0.625. The van der Waals surface area contributed by atoms with Crippen molar-refractivity contribution in [3.8, 4) is 0 Å². The van der Waals surface area contributed by atoms with Gasteiger partial charge in [-0.05, 0) is 84.7 Å². The Labute approximate surface area is 124 Å². The van der Waals surface area contributed by atoms with E-state index in [0.29, 0.717) is 6.04 Å². The predicted octanol–water partition coefficient (Wildman–Crippen LogP) is 4.38. The van der Waals surface area contributed by atoms with Crippen molar-refractivity contribution >= 4 is 22.6 Å². The third-order valence-corrected chi connectivity index (χ3v) is 6.03. The molecule has 0 spiro atoms. The number of rotatable bonds is 4. The zero-order valence-corrected chi connectivity index (χ0v) is 13.2. The first kappa shape index (κ1) is 12.9. The molecule has 1 nitrogen and oxygen atoms in total. The Hall–Kier alpha value is -0.0900. The summed E-state index contributed by atoms with van der Waals surface area (Å²) in [6.07, 6.45) is 7.35. The lowest BCUT2D eigenvalue weighted by Gasteiger charge is -2.27. The molecule has 2 fully saturated rings. The molecule has 18 heavy (non-hydrogen) atoms. The monoisotopic (exact) mass is 355 g/mol. The van der Waals surface area contributed by atoms with Crippen molar-refractivity contribution in [1.82, 2.24) is 5.32 Å². The topological polar surface area (TPSA) is 12.0 Å². The van der Waals surface area contributed by atoms with Crippen LogP contribution >= 0.6 is 22.6 Å². The molecule has 0 amide bonds. The molecular weight excluding hydrogens is 333 g/mol. The number of hydrogen-bond donors (Lipinski definition) is 1. The van der Waals surface area contributed by atoms with Crippen LogP contribution in [0.1, 0.15) is 43.7 Å². The highest BCUT2D eigenvalue weighted by atomic mass is 127. The van der Waals surface area contributed by atoms with Gasteiger partial charge >= 0.3 is 0 Å². The smallest absolute Gasteiger partial charge is 0.0330 e. The standard InChI is InChI=1S/C16H22IN/c1-18-16(14-4-2-3-5-15(14)17)10-13-9-11-6-7-12(13)8-11/h2-5,11-13,16,18H,6-10H2,1H3. The van der Waals surface area contributed by atoms with Crippen molar-refractivity contribution in [2.24, 2.45) is 17.8 Å². The minimum absolute atomic E-state index is 0.544. The first-order valence-electron chi connectivity index (χ1n) is 7.19. The van der Waals surface area contributed by atoms with E-state index < -0.39 is 0 Å². The Kier molecular flexibility index (Phi) is 3.94. The molecule has 2 heteroatoms. The molecule has 1 N–H and O–H groups in total. The Morgan fingerprint density at radius 1 is 1.28 bits per heavy atom. The summed E-state index contributed by atoms with van der Waals surface area (Å²) in [5.74, 6) is 3.07. The van der Waals surface area contributed by atoms with Crippen LogP contribution in [0.5, 0.6) is 0 Å². The van der Waals surface area contributed by atoms with Crippen molar-refractivity contribution in [1.29, 1.82) is 0 Å². The quantitative estimate of drug-likeness (QED) is 0.791. The summed E-state index contributed by atoms with van der Waals surface area (Å²) in [6, 6.07) is 9.36. The van der Waals surface area contributed by atoms with Crippen molar-refractivity contribution in [2.75, 3.05) is 7.05 Å². The molecule has 0 aliphatic heterocycles. The predicted molar refractivity (Wildman–Crippen MR) is 84.5 cm³/mol. The van der Waals surface area contributed by atoms with E-state index >= 15 is 0 Å². The van der Waals surface area contributed by atoms with E-state index in [0.717, 1.165) is 17.8 Å². The summed E-state index contributed by atoms with van der Waals surface area (Å²) in [6.45, 7) is 0. The molecule has 0 saturated heterocycles. The number of nitrogens with one attached hydrogen (secondary N) is 1. The van der Waals surface area contributed by atoms with E-state index in [1.165, 1.54) is 41.2 Å². The third kappa shape index (κ3) is 2.46. The summed E-state index contributed by atoms with van der Waals surface area (Å²) < 4.78 is 1.40. The van der Waals surface area contributed by atoms with E-state index in [2.05, 4.69) is 59.2 Å². The van der Waals surface area contributed by atoms with Crippen LogP contribution in [-0.2, 0) is 0 Å². The van der Waals surface area contributed by atoms with E-state index in [9.17, 15) is 0 Å². The molecule has 0 heterocycles. The second kappa shape index (κ2) is 5.49. The summed E-state index contributed by atoms with van der Waals surface area (Å²) in [4.78, 5) is 0. The van der Waals surface area contributed by atoms with Crippen LogP contribution in [0, 0.1) is 21.3 Å². The molecule has 98 valence electrons. The zero-order chi connectivity index (χ0) is 12.5. The minimum atomic E-state index is 0.544. The van der Waals surface area contributed by atoms with Crippen molar-refractivity contribution in [2.45, 2.75) is 38.1 Å². The maximum atomic E-state index is 3.54. The molecule has 3 rings (SSSR count). The molecule has 0 aromatic heterocycles. The Bertz CT molecular complexity index is 417. The normalized spacial score (nSPS) is 31.8. The third-order valence-electron chi connectivity index (χ3n) is 5.05. The van der Waals surface area contributed by atoms with E-state index in [-0.39, 0.29) is 0 Å². The molecule has 2 aliphatic carbocycles. The van der Waals surface area contributed by atoms with Gasteiger partial charge in [0.1, 0.15) is 0 Å². The van der Waals surface area contributed by atoms with Crippen LogP contribution in [0.15, 0.2) is 24.3 Å². The first-order valence-corrected chi connectivity index (χ1v) is 8.27. The minimum Gasteiger partial charge on any atom is -0.313 e. The maximum Gasteiger partial charge on any atom is 0.0330 e. The fourth-order valence-corrected chi connectivity index (χ4v) is 4.89. The second-order valence-corrected chi connectivity index (χ2v) is 7.20. The number of fused-ring (bicyclic) bond motifs is 2. The lowest BCUT2D eigenvalue weighted by atomic mass is 9.83. The summed E-state index contributed by atoms with van der Waals surface area (Å²) in [5.41, 5.74) is 1.49. The van der Waals surface area contributed by atoms with Crippen LogP contribution in [0.4, 0.5) is 0 Å². The largest absolute Gasteiger partial charge is 0.313 e. The summed E-state index contributed by atoms with van der Waals surface area (Å²) in [5, 5.41) is 3.54. The van der Waals surface area contributed by atoms with Crippen molar-refractivity contribution in [3.63, 3.8) is 0 Å². The highest BCUT2D eigenvalue weighted by Gasteiger charge is 2.40. The van der Waals surface area contributed by atoms with Gasteiger partial charge in [-0.3, -0.25) is 0 Å².